The normalized spacial score (nSPS) is 11.8. The van der Waals surface area contributed by atoms with Crippen LogP contribution in [0.3, 0.4) is 0 Å². The number of urea groups is 1. The van der Waals surface area contributed by atoms with Gasteiger partial charge in [0.1, 0.15) is 6.54 Å². The Bertz CT molecular complexity index is 457. The highest BCUT2D eigenvalue weighted by atomic mass is 16.4. The zero-order chi connectivity index (χ0) is 15.1. The van der Waals surface area contributed by atoms with E-state index in [1.165, 1.54) is 4.90 Å². The lowest BCUT2D eigenvalue weighted by atomic mass is 10.1. The highest BCUT2D eigenvalue weighted by Gasteiger charge is 2.18. The van der Waals surface area contributed by atoms with E-state index in [1.54, 1.807) is 0 Å². The van der Waals surface area contributed by atoms with Crippen LogP contribution in [-0.4, -0.2) is 35.1 Å². The molecule has 1 aromatic carbocycles. The van der Waals surface area contributed by atoms with Crippen molar-refractivity contribution in [2.24, 2.45) is 0 Å². The van der Waals surface area contributed by atoms with E-state index >= 15 is 0 Å². The van der Waals surface area contributed by atoms with Gasteiger partial charge >= 0.3 is 12.0 Å². The Morgan fingerprint density at radius 3 is 2.40 bits per heavy atom. The third-order valence-corrected chi connectivity index (χ3v) is 3.02. The van der Waals surface area contributed by atoms with Crippen molar-refractivity contribution in [1.82, 2.24) is 10.2 Å². The van der Waals surface area contributed by atoms with Gasteiger partial charge in [-0.05, 0) is 25.8 Å². The van der Waals surface area contributed by atoms with Gasteiger partial charge in [-0.3, -0.25) is 4.79 Å². The van der Waals surface area contributed by atoms with E-state index in [1.807, 2.05) is 45.0 Å². The number of carbonyl (C=O) groups is 2. The van der Waals surface area contributed by atoms with Crippen molar-refractivity contribution < 1.29 is 14.7 Å². The molecule has 0 aliphatic rings. The molecule has 1 atom stereocenters. The number of nitrogens with zero attached hydrogens (tertiary/aromatic N) is 1. The molecule has 1 rings (SSSR count). The third-order valence-electron chi connectivity index (χ3n) is 3.02. The Labute approximate surface area is 119 Å². The van der Waals surface area contributed by atoms with Crippen LogP contribution in [0.15, 0.2) is 24.3 Å². The van der Waals surface area contributed by atoms with Gasteiger partial charge in [0.25, 0.3) is 0 Å². The summed E-state index contributed by atoms with van der Waals surface area (Å²) < 4.78 is 0. The fraction of sp³-hybridized carbons (Fsp3) is 0.467. The maximum absolute atomic E-state index is 12.1. The number of aliphatic carboxylic acids is 1. The second-order valence-electron chi connectivity index (χ2n) is 4.90. The minimum Gasteiger partial charge on any atom is -0.480 e. The molecule has 0 aromatic heterocycles. The van der Waals surface area contributed by atoms with E-state index < -0.39 is 5.97 Å². The van der Waals surface area contributed by atoms with Crippen LogP contribution >= 0.6 is 0 Å². The Balaban J connectivity index is 2.66. The summed E-state index contributed by atoms with van der Waals surface area (Å²) in [6.45, 7) is 5.95. The first-order chi connectivity index (χ1) is 9.43. The monoisotopic (exact) mass is 278 g/mol. The number of amides is 2. The SMILES string of the molecule is CCCN(CC(=O)O)C(=O)NC(C)c1ccc(C)cc1. The first-order valence-electron chi connectivity index (χ1n) is 6.77. The molecule has 1 aromatic rings. The zero-order valence-corrected chi connectivity index (χ0v) is 12.2. The molecular weight excluding hydrogens is 256 g/mol. The van der Waals surface area contributed by atoms with Crippen LogP contribution in [0.5, 0.6) is 0 Å². The van der Waals surface area contributed by atoms with Crippen molar-refractivity contribution in [1.29, 1.82) is 0 Å². The summed E-state index contributed by atoms with van der Waals surface area (Å²) >= 11 is 0. The molecule has 1 unspecified atom stereocenters. The molecule has 0 spiro atoms. The van der Waals surface area contributed by atoms with Gasteiger partial charge in [0.05, 0.1) is 6.04 Å². The second kappa shape index (κ2) is 7.53. The van der Waals surface area contributed by atoms with E-state index in [2.05, 4.69) is 5.32 Å². The first-order valence-corrected chi connectivity index (χ1v) is 6.77. The molecule has 0 aliphatic carbocycles. The number of carboxylic acids is 1. The summed E-state index contributed by atoms with van der Waals surface area (Å²) in [7, 11) is 0. The largest absolute Gasteiger partial charge is 0.480 e. The summed E-state index contributed by atoms with van der Waals surface area (Å²) in [5, 5.41) is 11.6. The minimum atomic E-state index is -1.00. The third kappa shape index (κ3) is 4.91. The molecule has 0 saturated heterocycles. The highest BCUT2D eigenvalue weighted by Crippen LogP contribution is 2.13. The quantitative estimate of drug-likeness (QED) is 0.840. The molecule has 0 aliphatic heterocycles. The summed E-state index contributed by atoms with van der Waals surface area (Å²) in [5.41, 5.74) is 2.15. The van der Waals surface area contributed by atoms with Crippen LogP contribution in [0.4, 0.5) is 4.79 Å². The number of benzene rings is 1. The second-order valence-corrected chi connectivity index (χ2v) is 4.90. The van der Waals surface area contributed by atoms with Crippen molar-refractivity contribution in [3.8, 4) is 0 Å². The van der Waals surface area contributed by atoms with Gasteiger partial charge in [-0.25, -0.2) is 4.79 Å². The van der Waals surface area contributed by atoms with Gasteiger partial charge in [-0.2, -0.15) is 0 Å². The Kier molecular flexibility index (Phi) is 6.03. The van der Waals surface area contributed by atoms with E-state index in [0.29, 0.717) is 6.54 Å². The molecule has 5 heteroatoms. The number of carboxylic acid groups (broad SMARTS) is 1. The highest BCUT2D eigenvalue weighted by molar-refractivity contribution is 5.80. The Morgan fingerprint density at radius 2 is 1.90 bits per heavy atom. The molecule has 2 N–H and O–H groups in total. The van der Waals surface area contributed by atoms with Crippen molar-refractivity contribution in [2.75, 3.05) is 13.1 Å². The van der Waals surface area contributed by atoms with E-state index in [9.17, 15) is 9.59 Å². The smallest absolute Gasteiger partial charge is 0.323 e. The molecule has 0 bridgehead atoms. The van der Waals surface area contributed by atoms with Crippen molar-refractivity contribution in [3.05, 3.63) is 35.4 Å². The Morgan fingerprint density at radius 1 is 1.30 bits per heavy atom. The topological polar surface area (TPSA) is 69.6 Å². The molecule has 0 saturated carbocycles. The van der Waals surface area contributed by atoms with Crippen LogP contribution in [0.25, 0.3) is 0 Å². The fourth-order valence-corrected chi connectivity index (χ4v) is 1.90. The summed E-state index contributed by atoms with van der Waals surface area (Å²) in [6.07, 6.45) is 0.722. The average Bonchev–Trinajstić information content (AvgIpc) is 2.38. The van der Waals surface area contributed by atoms with Crippen LogP contribution in [-0.2, 0) is 4.79 Å². The molecule has 20 heavy (non-hydrogen) atoms. The van der Waals surface area contributed by atoms with Gasteiger partial charge in [-0.1, -0.05) is 36.8 Å². The zero-order valence-electron chi connectivity index (χ0n) is 12.2. The van der Waals surface area contributed by atoms with Gasteiger partial charge in [0, 0.05) is 6.54 Å². The van der Waals surface area contributed by atoms with Crippen LogP contribution in [0.1, 0.15) is 37.4 Å². The number of rotatable bonds is 6. The minimum absolute atomic E-state index is 0.156. The lowest BCUT2D eigenvalue weighted by Gasteiger charge is -2.23. The van der Waals surface area contributed by atoms with Gasteiger partial charge < -0.3 is 15.3 Å². The molecule has 2 amide bonds. The fourth-order valence-electron chi connectivity index (χ4n) is 1.90. The van der Waals surface area contributed by atoms with Crippen molar-refractivity contribution in [3.63, 3.8) is 0 Å². The van der Waals surface area contributed by atoms with Crippen LogP contribution < -0.4 is 5.32 Å². The van der Waals surface area contributed by atoms with Crippen molar-refractivity contribution in [2.45, 2.75) is 33.2 Å². The van der Waals surface area contributed by atoms with Crippen LogP contribution in [0, 0.1) is 6.92 Å². The van der Waals surface area contributed by atoms with Gasteiger partial charge in [-0.15, -0.1) is 0 Å². The molecule has 0 fully saturated rings. The molecule has 0 radical (unpaired) electrons. The predicted molar refractivity (Wildman–Crippen MR) is 77.6 cm³/mol. The lowest BCUT2D eigenvalue weighted by molar-refractivity contribution is -0.137. The van der Waals surface area contributed by atoms with Crippen molar-refractivity contribution >= 4 is 12.0 Å². The van der Waals surface area contributed by atoms with E-state index in [-0.39, 0.29) is 18.6 Å². The summed E-state index contributed by atoms with van der Waals surface area (Å²) in [5.74, 6) is -1.00. The number of carbonyl (C=O) groups excluding carboxylic acids is 1. The molecule has 5 nitrogen and oxygen atoms in total. The van der Waals surface area contributed by atoms with Crippen LogP contribution in [0.2, 0.25) is 0 Å². The number of nitrogens with one attached hydrogen (secondary N) is 1. The van der Waals surface area contributed by atoms with Gasteiger partial charge in [0.15, 0.2) is 0 Å². The Hall–Kier alpha value is -2.04. The van der Waals surface area contributed by atoms with E-state index in [4.69, 9.17) is 5.11 Å². The maximum atomic E-state index is 12.1. The summed E-state index contributed by atoms with van der Waals surface area (Å²) in [4.78, 5) is 24.1. The lowest BCUT2D eigenvalue weighted by Crippen LogP contribution is -2.43. The van der Waals surface area contributed by atoms with E-state index in [0.717, 1.165) is 17.5 Å². The number of hydrogen-bond donors (Lipinski definition) is 2. The summed E-state index contributed by atoms with van der Waals surface area (Å²) in [6, 6.07) is 7.39. The number of aryl methyl sites for hydroxylation is 1. The standard InChI is InChI=1S/C15H22N2O3/c1-4-9-17(10-14(18)19)15(20)16-12(3)13-7-5-11(2)6-8-13/h5-8,12H,4,9-10H2,1-3H3,(H,16,20)(H,18,19). The maximum Gasteiger partial charge on any atom is 0.323 e. The predicted octanol–water partition coefficient (Wildman–Crippen LogP) is 2.56. The molecular formula is C15H22N2O3. The molecule has 0 heterocycles. The first kappa shape index (κ1) is 16.0. The average molecular weight is 278 g/mol. The number of hydrogen-bond acceptors (Lipinski definition) is 2. The molecule has 110 valence electrons. The van der Waals surface area contributed by atoms with Gasteiger partial charge in [0.2, 0.25) is 0 Å².